The number of nitrogens with zero attached hydrogens (tertiary/aromatic N) is 1. The number of rotatable bonds is 3. The van der Waals surface area contributed by atoms with E-state index in [9.17, 15) is 13.9 Å². The van der Waals surface area contributed by atoms with Gasteiger partial charge in [-0.1, -0.05) is 29.4 Å². The van der Waals surface area contributed by atoms with Crippen LogP contribution in [0.2, 0.25) is 0 Å². The lowest BCUT2D eigenvalue weighted by molar-refractivity contribution is 0.281. The summed E-state index contributed by atoms with van der Waals surface area (Å²) in [7, 11) is 0. The lowest BCUT2D eigenvalue weighted by atomic mass is 10.00. The molecule has 0 bridgehead atoms. The Balaban J connectivity index is 2.20. The molecule has 3 aromatic rings. The highest BCUT2D eigenvalue weighted by molar-refractivity contribution is 5.74. The predicted molar refractivity (Wildman–Crippen MR) is 78.0 cm³/mol. The summed E-state index contributed by atoms with van der Waals surface area (Å²) in [6.07, 6.45) is 0. The van der Waals surface area contributed by atoms with Crippen LogP contribution in [0.5, 0.6) is 0 Å². The van der Waals surface area contributed by atoms with E-state index in [1.807, 2.05) is 31.2 Å². The van der Waals surface area contributed by atoms with Gasteiger partial charge < -0.3 is 9.63 Å². The van der Waals surface area contributed by atoms with Crippen molar-refractivity contribution < 1.29 is 18.4 Å². The first-order valence-corrected chi connectivity index (χ1v) is 6.72. The monoisotopic (exact) mass is 301 g/mol. The molecule has 2 aromatic carbocycles. The second-order valence-corrected chi connectivity index (χ2v) is 4.94. The smallest absolute Gasteiger partial charge is 0.173 e. The number of benzene rings is 2. The van der Waals surface area contributed by atoms with Crippen LogP contribution in [0.25, 0.3) is 22.6 Å². The van der Waals surface area contributed by atoms with Crippen LogP contribution in [-0.2, 0) is 6.61 Å². The average molecular weight is 301 g/mol. The number of aromatic nitrogens is 1. The molecule has 3 rings (SSSR count). The van der Waals surface area contributed by atoms with Gasteiger partial charge >= 0.3 is 0 Å². The quantitative estimate of drug-likeness (QED) is 0.792. The zero-order valence-electron chi connectivity index (χ0n) is 11.8. The summed E-state index contributed by atoms with van der Waals surface area (Å²) in [6, 6.07) is 10.5. The Labute approximate surface area is 125 Å². The molecule has 0 aliphatic heterocycles. The summed E-state index contributed by atoms with van der Waals surface area (Å²) in [5, 5.41) is 13.5. The normalized spacial score (nSPS) is 10.9. The van der Waals surface area contributed by atoms with Crippen LogP contribution >= 0.6 is 0 Å². The first kappa shape index (κ1) is 14.4. The van der Waals surface area contributed by atoms with Crippen molar-refractivity contribution in [1.82, 2.24) is 5.16 Å². The summed E-state index contributed by atoms with van der Waals surface area (Å²) >= 11 is 0. The van der Waals surface area contributed by atoms with Gasteiger partial charge in [-0.05, 0) is 30.7 Å². The number of aryl methyl sites for hydroxylation is 1. The third-order valence-corrected chi connectivity index (χ3v) is 3.52. The molecular formula is C17H13F2NO2. The molecule has 0 aliphatic carbocycles. The molecule has 112 valence electrons. The fourth-order valence-corrected chi connectivity index (χ4v) is 2.39. The maximum absolute atomic E-state index is 13.9. The average Bonchev–Trinajstić information content (AvgIpc) is 2.93. The van der Waals surface area contributed by atoms with Gasteiger partial charge in [0.15, 0.2) is 5.76 Å². The molecule has 0 saturated carbocycles. The lowest BCUT2D eigenvalue weighted by Gasteiger charge is -2.05. The van der Waals surface area contributed by atoms with Crippen molar-refractivity contribution in [3.63, 3.8) is 0 Å². The van der Waals surface area contributed by atoms with E-state index in [0.29, 0.717) is 11.3 Å². The molecule has 5 heteroatoms. The van der Waals surface area contributed by atoms with E-state index in [0.717, 1.165) is 29.3 Å². The van der Waals surface area contributed by atoms with Gasteiger partial charge in [0, 0.05) is 11.1 Å². The summed E-state index contributed by atoms with van der Waals surface area (Å²) in [5.74, 6) is -0.847. The number of aliphatic hydroxyl groups is 1. The second-order valence-electron chi connectivity index (χ2n) is 4.94. The van der Waals surface area contributed by atoms with Gasteiger partial charge in [-0.25, -0.2) is 8.78 Å². The molecule has 3 nitrogen and oxygen atoms in total. The lowest BCUT2D eigenvalue weighted by Crippen LogP contribution is -1.93. The summed E-state index contributed by atoms with van der Waals surface area (Å²) in [4.78, 5) is 0. The Hall–Kier alpha value is -2.53. The Morgan fingerprint density at radius 1 is 1.09 bits per heavy atom. The summed E-state index contributed by atoms with van der Waals surface area (Å²) < 4.78 is 32.6. The van der Waals surface area contributed by atoms with Crippen molar-refractivity contribution in [2.24, 2.45) is 0 Å². The van der Waals surface area contributed by atoms with E-state index >= 15 is 0 Å². The molecule has 1 N–H and O–H groups in total. The zero-order chi connectivity index (χ0) is 15.7. The second kappa shape index (κ2) is 5.69. The molecule has 1 aromatic heterocycles. The van der Waals surface area contributed by atoms with Gasteiger partial charge in [-0.2, -0.15) is 0 Å². The van der Waals surface area contributed by atoms with Crippen molar-refractivity contribution in [2.45, 2.75) is 13.5 Å². The highest BCUT2D eigenvalue weighted by Crippen LogP contribution is 2.35. The summed E-state index contributed by atoms with van der Waals surface area (Å²) in [5.41, 5.74) is 2.09. The van der Waals surface area contributed by atoms with Crippen molar-refractivity contribution in [1.29, 1.82) is 0 Å². The Bertz CT molecular complexity index is 827. The molecule has 0 unspecified atom stereocenters. The van der Waals surface area contributed by atoms with Crippen molar-refractivity contribution in [3.05, 3.63) is 65.2 Å². The van der Waals surface area contributed by atoms with E-state index < -0.39 is 18.2 Å². The minimum absolute atomic E-state index is 0.0346. The molecule has 0 fully saturated rings. The number of halogens is 2. The minimum Gasteiger partial charge on any atom is -0.391 e. The largest absolute Gasteiger partial charge is 0.391 e. The number of hydrogen-bond acceptors (Lipinski definition) is 3. The number of hydrogen-bond donors (Lipinski definition) is 1. The van der Waals surface area contributed by atoms with E-state index in [1.165, 1.54) is 0 Å². The first-order valence-electron chi connectivity index (χ1n) is 6.72. The van der Waals surface area contributed by atoms with Crippen LogP contribution in [-0.4, -0.2) is 10.3 Å². The predicted octanol–water partition coefficient (Wildman–Crippen LogP) is 4.09. The Morgan fingerprint density at radius 3 is 2.59 bits per heavy atom. The maximum Gasteiger partial charge on any atom is 0.173 e. The third kappa shape index (κ3) is 2.40. The van der Waals surface area contributed by atoms with Gasteiger partial charge in [0.25, 0.3) is 0 Å². The van der Waals surface area contributed by atoms with Gasteiger partial charge in [-0.3, -0.25) is 0 Å². The topological polar surface area (TPSA) is 46.3 Å². The first-order chi connectivity index (χ1) is 10.6. The Kier molecular flexibility index (Phi) is 3.73. The molecular weight excluding hydrogens is 288 g/mol. The molecule has 0 radical (unpaired) electrons. The SMILES string of the molecule is Cc1ccccc1-c1onc(-c2cc(F)ccc2F)c1CO. The standard InChI is InChI=1S/C17H13F2NO2/c1-10-4-2-3-5-12(10)17-14(9-21)16(20-22-17)13-8-11(18)6-7-15(13)19/h2-8,21H,9H2,1H3. The molecule has 1 heterocycles. The highest BCUT2D eigenvalue weighted by Gasteiger charge is 2.21. The maximum atomic E-state index is 13.9. The van der Waals surface area contributed by atoms with Gasteiger partial charge in [0.05, 0.1) is 12.2 Å². The van der Waals surface area contributed by atoms with E-state index in [4.69, 9.17) is 4.52 Å². The van der Waals surface area contributed by atoms with Crippen LogP contribution in [0.15, 0.2) is 47.0 Å². The van der Waals surface area contributed by atoms with Crippen molar-refractivity contribution in [2.75, 3.05) is 0 Å². The molecule has 0 amide bonds. The third-order valence-electron chi connectivity index (χ3n) is 3.52. The summed E-state index contributed by atoms with van der Waals surface area (Å²) in [6.45, 7) is 1.50. The van der Waals surface area contributed by atoms with Gasteiger partial charge in [0.1, 0.15) is 17.3 Å². The van der Waals surface area contributed by atoms with Crippen LogP contribution < -0.4 is 0 Å². The van der Waals surface area contributed by atoms with E-state index in [2.05, 4.69) is 5.16 Å². The van der Waals surface area contributed by atoms with Crippen molar-refractivity contribution in [3.8, 4) is 22.6 Å². The fraction of sp³-hybridized carbons (Fsp3) is 0.118. The van der Waals surface area contributed by atoms with Crippen molar-refractivity contribution >= 4 is 0 Å². The van der Waals surface area contributed by atoms with E-state index in [1.54, 1.807) is 0 Å². The number of aliphatic hydroxyl groups excluding tert-OH is 1. The van der Waals surface area contributed by atoms with Crippen LogP contribution in [0.1, 0.15) is 11.1 Å². The molecule has 0 spiro atoms. The van der Waals surface area contributed by atoms with Crippen LogP contribution in [0, 0.1) is 18.6 Å². The van der Waals surface area contributed by atoms with Gasteiger partial charge in [0.2, 0.25) is 0 Å². The molecule has 0 atom stereocenters. The van der Waals surface area contributed by atoms with E-state index in [-0.39, 0.29) is 11.3 Å². The minimum atomic E-state index is -0.624. The highest BCUT2D eigenvalue weighted by atomic mass is 19.1. The zero-order valence-corrected chi connectivity index (χ0v) is 11.8. The fourth-order valence-electron chi connectivity index (χ4n) is 2.39. The molecule has 0 saturated heterocycles. The molecule has 0 aliphatic rings. The van der Waals surface area contributed by atoms with Crippen LogP contribution in [0.4, 0.5) is 8.78 Å². The molecule has 22 heavy (non-hydrogen) atoms. The van der Waals surface area contributed by atoms with Gasteiger partial charge in [-0.15, -0.1) is 0 Å². The Morgan fingerprint density at radius 2 is 1.86 bits per heavy atom. The van der Waals surface area contributed by atoms with Crippen LogP contribution in [0.3, 0.4) is 0 Å².